The molecule has 4 aliphatic rings. The molecule has 0 bridgehead atoms. The number of carbonyl (C=O) groups is 4. The van der Waals surface area contributed by atoms with Crippen LogP contribution in [0.2, 0.25) is 0 Å². The largest absolute Gasteiger partial charge is 0.278 e. The second kappa shape index (κ2) is 14.1. The highest BCUT2D eigenvalue weighted by Crippen LogP contribution is 2.41. The quantitative estimate of drug-likeness (QED) is 0.160. The van der Waals surface area contributed by atoms with Gasteiger partial charge in [0.15, 0.2) is 0 Å². The molecule has 0 aromatic heterocycles. The van der Waals surface area contributed by atoms with E-state index in [1.54, 1.807) is 35.7 Å². The first-order valence-electron chi connectivity index (χ1n) is 14.5. The third kappa shape index (κ3) is 8.38. The Hall–Kier alpha value is -0.840. The molecule has 0 spiro atoms. The van der Waals surface area contributed by atoms with E-state index in [1.165, 1.54) is 9.80 Å². The topological polar surface area (TPSA) is 74.8 Å². The van der Waals surface area contributed by atoms with Gasteiger partial charge in [-0.2, -0.15) is 23.5 Å². The predicted octanol–water partition coefficient (Wildman–Crippen LogP) is 6.08. The van der Waals surface area contributed by atoms with Crippen LogP contribution in [-0.2, 0) is 19.2 Å². The highest BCUT2D eigenvalue weighted by Gasteiger charge is 2.40. The number of carbonyl (C=O) groups excluding carboxylic acids is 4. The van der Waals surface area contributed by atoms with Gasteiger partial charge in [-0.15, -0.1) is 23.5 Å². The SMILES string of the molecule is CC(C)(CCSCCSCCC(C)(C)CCN1C(=O)C=C2SCCC2C1=O)CCN1C(=O)C=C2SCCC2C1=O. The summed E-state index contributed by atoms with van der Waals surface area (Å²) in [5.41, 5.74) is 0.175. The first-order chi connectivity index (χ1) is 19.0. The monoisotopic (exact) mass is 624 g/mol. The first kappa shape index (κ1) is 32.1. The summed E-state index contributed by atoms with van der Waals surface area (Å²) in [6.07, 6.45) is 8.88. The van der Waals surface area contributed by atoms with Crippen LogP contribution in [0.15, 0.2) is 22.0 Å². The van der Waals surface area contributed by atoms with Gasteiger partial charge in [0.25, 0.3) is 11.8 Å². The van der Waals surface area contributed by atoms with Gasteiger partial charge in [-0.3, -0.25) is 29.0 Å². The van der Waals surface area contributed by atoms with E-state index in [0.29, 0.717) is 13.1 Å². The number of fused-ring (bicyclic) bond motifs is 2. The second-order valence-electron chi connectivity index (χ2n) is 12.7. The molecule has 4 rings (SSSR count). The molecule has 4 aliphatic heterocycles. The number of hydrogen-bond acceptors (Lipinski definition) is 8. The Morgan fingerprint density at radius 2 is 1.07 bits per heavy atom. The lowest BCUT2D eigenvalue weighted by molar-refractivity contribution is -0.147. The average molecular weight is 625 g/mol. The summed E-state index contributed by atoms with van der Waals surface area (Å²) in [5, 5.41) is 0. The molecule has 0 aromatic rings. The van der Waals surface area contributed by atoms with Crippen molar-refractivity contribution in [2.45, 2.75) is 66.2 Å². The van der Waals surface area contributed by atoms with Crippen molar-refractivity contribution >= 4 is 70.7 Å². The van der Waals surface area contributed by atoms with Crippen molar-refractivity contribution in [3.8, 4) is 0 Å². The van der Waals surface area contributed by atoms with Crippen LogP contribution in [0.3, 0.4) is 0 Å². The van der Waals surface area contributed by atoms with Gasteiger partial charge in [0.2, 0.25) is 11.8 Å². The van der Waals surface area contributed by atoms with E-state index < -0.39 is 0 Å². The predicted molar refractivity (Wildman–Crippen MR) is 171 cm³/mol. The lowest BCUT2D eigenvalue weighted by Crippen LogP contribution is -2.44. The second-order valence-corrected chi connectivity index (χ2v) is 17.5. The molecule has 0 N–H and O–H groups in total. The maximum absolute atomic E-state index is 12.8. The van der Waals surface area contributed by atoms with Crippen LogP contribution in [0.4, 0.5) is 0 Å². The van der Waals surface area contributed by atoms with E-state index in [4.69, 9.17) is 0 Å². The lowest BCUT2D eigenvalue weighted by Gasteiger charge is -2.31. The number of thioether (sulfide) groups is 4. The molecule has 6 nitrogen and oxygen atoms in total. The van der Waals surface area contributed by atoms with Crippen LogP contribution < -0.4 is 0 Å². The van der Waals surface area contributed by atoms with Gasteiger partial charge in [-0.05, 0) is 72.4 Å². The van der Waals surface area contributed by atoms with Gasteiger partial charge in [-0.1, -0.05) is 27.7 Å². The Kier molecular flexibility index (Phi) is 11.3. The standard InChI is InChI=1S/C30H44N2O4S4/c1-29(2,7-11-31-25(33)19-23-21(27(31)35)5-13-39-23)9-15-37-17-18-38-16-10-30(3,4)8-12-32-26(34)20-24-22(28(32)36)6-14-40-24/h19-22H,5-18H2,1-4H3. The van der Waals surface area contributed by atoms with Crippen LogP contribution in [-0.4, -0.2) is 81.0 Å². The lowest BCUT2D eigenvalue weighted by atomic mass is 9.86. The molecule has 10 heteroatoms. The third-order valence-electron chi connectivity index (χ3n) is 8.47. The zero-order valence-electron chi connectivity index (χ0n) is 24.4. The molecule has 222 valence electrons. The van der Waals surface area contributed by atoms with Gasteiger partial charge >= 0.3 is 0 Å². The molecule has 2 fully saturated rings. The minimum atomic E-state index is -0.136. The highest BCUT2D eigenvalue weighted by molar-refractivity contribution is 8.03. The zero-order chi connectivity index (χ0) is 28.9. The van der Waals surface area contributed by atoms with Crippen molar-refractivity contribution in [3.05, 3.63) is 22.0 Å². The fraction of sp³-hybridized carbons (Fsp3) is 0.733. The summed E-state index contributed by atoms with van der Waals surface area (Å²) in [7, 11) is 0. The molecule has 0 radical (unpaired) electrons. The van der Waals surface area contributed by atoms with Crippen molar-refractivity contribution in [2.75, 3.05) is 47.6 Å². The van der Waals surface area contributed by atoms with Gasteiger partial charge in [0.1, 0.15) is 0 Å². The van der Waals surface area contributed by atoms with Gasteiger partial charge in [0.05, 0.1) is 11.8 Å². The molecular formula is C30H44N2O4S4. The Balaban J connectivity index is 1.05. The Morgan fingerprint density at radius 3 is 1.48 bits per heavy atom. The fourth-order valence-corrected chi connectivity index (χ4v) is 10.5. The summed E-state index contributed by atoms with van der Waals surface area (Å²) < 4.78 is 0. The molecule has 2 unspecified atom stereocenters. The molecule has 0 aromatic carbocycles. The Bertz CT molecular complexity index is 972. The molecule has 2 saturated heterocycles. The van der Waals surface area contributed by atoms with Crippen molar-refractivity contribution in [1.29, 1.82) is 0 Å². The molecule has 4 amide bonds. The fourth-order valence-electron chi connectivity index (χ4n) is 5.38. The van der Waals surface area contributed by atoms with Crippen molar-refractivity contribution in [2.24, 2.45) is 22.7 Å². The van der Waals surface area contributed by atoms with Crippen LogP contribution in [0.5, 0.6) is 0 Å². The van der Waals surface area contributed by atoms with Crippen LogP contribution in [0.25, 0.3) is 0 Å². The van der Waals surface area contributed by atoms with E-state index in [-0.39, 0.29) is 46.3 Å². The molecule has 40 heavy (non-hydrogen) atoms. The molecule has 0 saturated carbocycles. The van der Waals surface area contributed by atoms with Gasteiger partial charge < -0.3 is 0 Å². The summed E-state index contributed by atoms with van der Waals surface area (Å²) in [5.74, 6) is 5.84. The van der Waals surface area contributed by atoms with E-state index in [9.17, 15) is 19.2 Å². The summed E-state index contributed by atoms with van der Waals surface area (Å²) in [6.45, 7) is 9.99. The summed E-state index contributed by atoms with van der Waals surface area (Å²) >= 11 is 7.27. The Labute approximate surface area is 257 Å². The summed E-state index contributed by atoms with van der Waals surface area (Å²) in [4.78, 5) is 55.3. The molecule has 4 heterocycles. The Morgan fingerprint density at radius 1 is 0.675 bits per heavy atom. The van der Waals surface area contributed by atoms with Gasteiger partial charge in [0, 0.05) is 46.6 Å². The number of amides is 4. The highest BCUT2D eigenvalue weighted by atomic mass is 32.2. The average Bonchev–Trinajstić information content (AvgIpc) is 3.55. The van der Waals surface area contributed by atoms with E-state index in [2.05, 4.69) is 27.7 Å². The number of nitrogens with zero attached hydrogens (tertiary/aromatic N) is 2. The molecule has 2 atom stereocenters. The molecule has 0 aliphatic carbocycles. The molecular weight excluding hydrogens is 581 g/mol. The smallest absolute Gasteiger partial charge is 0.253 e. The summed E-state index contributed by atoms with van der Waals surface area (Å²) in [6, 6.07) is 0. The normalized spacial score (nSPS) is 23.5. The van der Waals surface area contributed by atoms with Crippen molar-refractivity contribution < 1.29 is 19.2 Å². The van der Waals surface area contributed by atoms with E-state index in [1.807, 2.05) is 23.5 Å². The number of rotatable bonds is 15. The minimum absolute atomic E-state index is 0.00496. The van der Waals surface area contributed by atoms with Crippen molar-refractivity contribution in [3.63, 3.8) is 0 Å². The van der Waals surface area contributed by atoms with Crippen LogP contribution in [0, 0.1) is 22.7 Å². The van der Waals surface area contributed by atoms with Gasteiger partial charge in [-0.25, -0.2) is 0 Å². The third-order valence-corrected chi connectivity index (χ3v) is 13.1. The van der Waals surface area contributed by atoms with Crippen LogP contribution >= 0.6 is 47.0 Å². The van der Waals surface area contributed by atoms with E-state index >= 15 is 0 Å². The minimum Gasteiger partial charge on any atom is -0.278 e. The first-order valence-corrected chi connectivity index (χ1v) is 18.8. The zero-order valence-corrected chi connectivity index (χ0v) is 27.6. The maximum Gasteiger partial charge on any atom is 0.253 e. The number of imide groups is 2. The maximum atomic E-state index is 12.8. The van der Waals surface area contributed by atoms with E-state index in [0.717, 1.165) is 82.9 Å². The van der Waals surface area contributed by atoms with Crippen molar-refractivity contribution in [1.82, 2.24) is 9.80 Å². The van der Waals surface area contributed by atoms with Crippen LogP contribution in [0.1, 0.15) is 66.2 Å². The number of hydrogen-bond donors (Lipinski definition) is 0.